The summed E-state index contributed by atoms with van der Waals surface area (Å²) in [5.74, 6) is 1.08. The molecule has 6 nitrogen and oxygen atoms in total. The van der Waals surface area contributed by atoms with Crippen molar-refractivity contribution in [2.75, 3.05) is 44.2 Å². The molecule has 0 radical (unpaired) electrons. The molecule has 1 aliphatic heterocycles. The van der Waals surface area contributed by atoms with Gasteiger partial charge in [-0.3, -0.25) is 9.69 Å². The zero-order chi connectivity index (χ0) is 19.9. The molecule has 1 fully saturated rings. The highest BCUT2D eigenvalue weighted by Crippen LogP contribution is 2.20. The van der Waals surface area contributed by atoms with Crippen LogP contribution in [0.4, 0.5) is 9.52 Å². The summed E-state index contributed by atoms with van der Waals surface area (Å²) in [5.41, 5.74) is 1.01. The third-order valence-electron chi connectivity index (χ3n) is 4.72. The maximum Gasteiger partial charge on any atom is 0.220 e. The molecule has 0 aliphatic carbocycles. The van der Waals surface area contributed by atoms with Crippen molar-refractivity contribution in [3.63, 3.8) is 0 Å². The second-order valence-electron chi connectivity index (χ2n) is 7.57. The molecule has 1 aliphatic rings. The minimum atomic E-state index is -0.229. The van der Waals surface area contributed by atoms with Crippen LogP contribution < -0.4 is 10.2 Å². The summed E-state index contributed by atoms with van der Waals surface area (Å²) in [6.07, 6.45) is 1.21. The lowest BCUT2D eigenvalue weighted by Gasteiger charge is -2.34. The van der Waals surface area contributed by atoms with E-state index in [4.69, 9.17) is 0 Å². The lowest BCUT2D eigenvalue weighted by atomic mass is 10.1. The Kier molecular flexibility index (Phi) is 7.33. The van der Waals surface area contributed by atoms with E-state index in [1.54, 1.807) is 12.1 Å². The summed E-state index contributed by atoms with van der Waals surface area (Å²) in [4.78, 5) is 21.0. The van der Waals surface area contributed by atoms with Crippen LogP contribution in [0.15, 0.2) is 24.3 Å². The van der Waals surface area contributed by atoms with Crippen molar-refractivity contribution >= 4 is 22.6 Å². The number of hydrogen-bond donors (Lipinski definition) is 1. The number of carbonyl (C=O) groups is 1. The van der Waals surface area contributed by atoms with Crippen LogP contribution in [0.25, 0.3) is 0 Å². The minimum absolute atomic E-state index is 0.135. The third-order valence-corrected chi connectivity index (χ3v) is 5.53. The Hall–Kier alpha value is -2.06. The molecule has 0 atom stereocenters. The molecular weight excluding hydrogens is 377 g/mol. The van der Waals surface area contributed by atoms with E-state index in [0.717, 1.165) is 49.2 Å². The van der Waals surface area contributed by atoms with Gasteiger partial charge in [-0.25, -0.2) is 9.37 Å². The molecule has 1 aromatic heterocycles. The summed E-state index contributed by atoms with van der Waals surface area (Å²) in [7, 11) is 0. The van der Waals surface area contributed by atoms with Crippen LogP contribution in [0.2, 0.25) is 0 Å². The highest BCUT2D eigenvalue weighted by atomic mass is 32.1. The topological polar surface area (TPSA) is 61.4 Å². The number of anilines is 1. The standard InChI is InChI=1S/C20H28FN5OS/c1-15(2)13-19(27)22-7-8-25-9-11-26(12-10-25)20-23-18(24-28-20)14-16-3-5-17(21)6-4-16/h3-6,15H,7-14H2,1-2H3,(H,22,27). The van der Waals surface area contributed by atoms with Crippen LogP contribution >= 0.6 is 11.5 Å². The fraction of sp³-hybridized carbons (Fsp3) is 0.550. The lowest BCUT2D eigenvalue weighted by Crippen LogP contribution is -2.48. The molecule has 0 spiro atoms. The van der Waals surface area contributed by atoms with Gasteiger partial charge in [0.05, 0.1) is 0 Å². The second kappa shape index (κ2) is 9.93. The molecule has 1 amide bonds. The summed E-state index contributed by atoms with van der Waals surface area (Å²) >= 11 is 1.42. The number of rotatable bonds is 8. The summed E-state index contributed by atoms with van der Waals surface area (Å²) in [6, 6.07) is 6.48. The Labute approximate surface area is 169 Å². The van der Waals surface area contributed by atoms with Gasteiger partial charge in [-0.15, -0.1) is 0 Å². The van der Waals surface area contributed by atoms with E-state index in [0.29, 0.717) is 25.3 Å². The normalized spacial score (nSPS) is 15.2. The molecular formula is C20H28FN5OS. The maximum atomic E-state index is 13.0. The number of piperazine rings is 1. The zero-order valence-electron chi connectivity index (χ0n) is 16.5. The lowest BCUT2D eigenvalue weighted by molar-refractivity contribution is -0.121. The van der Waals surface area contributed by atoms with Gasteiger partial charge in [-0.1, -0.05) is 26.0 Å². The minimum Gasteiger partial charge on any atom is -0.355 e. The van der Waals surface area contributed by atoms with Crippen LogP contribution in [-0.2, 0) is 11.2 Å². The first-order chi connectivity index (χ1) is 13.5. The number of amides is 1. The highest BCUT2D eigenvalue weighted by molar-refractivity contribution is 7.09. The molecule has 28 heavy (non-hydrogen) atoms. The number of halogens is 1. The van der Waals surface area contributed by atoms with E-state index in [-0.39, 0.29) is 11.7 Å². The maximum absolute atomic E-state index is 13.0. The van der Waals surface area contributed by atoms with Crippen LogP contribution in [0.1, 0.15) is 31.7 Å². The number of benzene rings is 1. The number of aromatic nitrogens is 2. The van der Waals surface area contributed by atoms with E-state index in [9.17, 15) is 9.18 Å². The van der Waals surface area contributed by atoms with Crippen molar-refractivity contribution in [2.24, 2.45) is 5.92 Å². The Bertz CT molecular complexity index is 756. The SMILES string of the molecule is CC(C)CC(=O)NCCN1CCN(c2nc(Cc3ccc(F)cc3)ns2)CC1. The van der Waals surface area contributed by atoms with Gasteiger partial charge in [0.25, 0.3) is 0 Å². The summed E-state index contributed by atoms with van der Waals surface area (Å²) in [6.45, 7) is 9.40. The molecule has 152 valence electrons. The first-order valence-corrected chi connectivity index (χ1v) is 10.6. The van der Waals surface area contributed by atoms with Crippen molar-refractivity contribution in [1.82, 2.24) is 19.6 Å². The van der Waals surface area contributed by atoms with Gasteiger partial charge in [0.2, 0.25) is 11.0 Å². The van der Waals surface area contributed by atoms with E-state index < -0.39 is 0 Å². The van der Waals surface area contributed by atoms with Crippen molar-refractivity contribution in [3.05, 3.63) is 41.5 Å². The molecule has 1 aromatic carbocycles. The molecule has 1 saturated heterocycles. The molecule has 0 saturated carbocycles. The molecule has 8 heteroatoms. The van der Waals surface area contributed by atoms with Gasteiger partial charge in [-0.05, 0) is 23.6 Å². The Morgan fingerprint density at radius 1 is 1.21 bits per heavy atom. The molecule has 3 rings (SSSR count). The third kappa shape index (κ3) is 6.24. The van der Waals surface area contributed by atoms with Gasteiger partial charge < -0.3 is 10.2 Å². The van der Waals surface area contributed by atoms with Gasteiger partial charge in [0.15, 0.2) is 0 Å². The summed E-state index contributed by atoms with van der Waals surface area (Å²) < 4.78 is 17.5. The number of carbonyl (C=O) groups excluding carboxylic acids is 1. The Morgan fingerprint density at radius 2 is 1.93 bits per heavy atom. The van der Waals surface area contributed by atoms with Gasteiger partial charge in [-0.2, -0.15) is 4.37 Å². The van der Waals surface area contributed by atoms with Crippen LogP contribution in [0.5, 0.6) is 0 Å². The predicted octanol–water partition coefficient (Wildman–Crippen LogP) is 2.55. The van der Waals surface area contributed by atoms with Gasteiger partial charge in [0.1, 0.15) is 11.6 Å². The number of nitrogens with zero attached hydrogens (tertiary/aromatic N) is 4. The van der Waals surface area contributed by atoms with Gasteiger partial charge in [0, 0.05) is 63.6 Å². The van der Waals surface area contributed by atoms with Crippen molar-refractivity contribution in [1.29, 1.82) is 0 Å². The molecule has 2 aromatic rings. The smallest absolute Gasteiger partial charge is 0.220 e. The predicted molar refractivity (Wildman–Crippen MR) is 110 cm³/mol. The monoisotopic (exact) mass is 405 g/mol. The first-order valence-electron chi connectivity index (χ1n) is 9.80. The second-order valence-corrected chi connectivity index (χ2v) is 8.30. The average molecular weight is 406 g/mol. The van der Waals surface area contributed by atoms with Crippen LogP contribution in [-0.4, -0.2) is 59.4 Å². The first kappa shape index (κ1) is 20.7. The van der Waals surface area contributed by atoms with Crippen LogP contribution in [0, 0.1) is 11.7 Å². The Morgan fingerprint density at radius 3 is 2.61 bits per heavy atom. The van der Waals surface area contributed by atoms with E-state index in [1.807, 2.05) is 0 Å². The fourth-order valence-corrected chi connectivity index (χ4v) is 3.93. The quantitative estimate of drug-likeness (QED) is 0.731. The molecule has 2 heterocycles. The largest absolute Gasteiger partial charge is 0.355 e. The molecule has 1 N–H and O–H groups in total. The molecule has 0 bridgehead atoms. The fourth-order valence-electron chi connectivity index (χ4n) is 3.19. The van der Waals surface area contributed by atoms with E-state index in [1.165, 1.54) is 23.7 Å². The van der Waals surface area contributed by atoms with Gasteiger partial charge >= 0.3 is 0 Å². The molecule has 0 unspecified atom stereocenters. The average Bonchev–Trinajstić information content (AvgIpc) is 3.12. The van der Waals surface area contributed by atoms with Crippen molar-refractivity contribution in [3.8, 4) is 0 Å². The van der Waals surface area contributed by atoms with Crippen LogP contribution in [0.3, 0.4) is 0 Å². The Balaban J connectivity index is 1.41. The number of hydrogen-bond acceptors (Lipinski definition) is 6. The van der Waals surface area contributed by atoms with E-state index >= 15 is 0 Å². The van der Waals surface area contributed by atoms with Crippen molar-refractivity contribution in [2.45, 2.75) is 26.7 Å². The van der Waals surface area contributed by atoms with Crippen molar-refractivity contribution < 1.29 is 9.18 Å². The zero-order valence-corrected chi connectivity index (χ0v) is 17.3. The number of nitrogens with one attached hydrogen (secondary N) is 1. The summed E-state index contributed by atoms with van der Waals surface area (Å²) in [5, 5.41) is 3.94. The highest BCUT2D eigenvalue weighted by Gasteiger charge is 2.20. The van der Waals surface area contributed by atoms with E-state index in [2.05, 4.69) is 38.3 Å².